The Hall–Kier alpha value is -0.630. The first-order valence-corrected chi connectivity index (χ1v) is 15.2. The van der Waals surface area contributed by atoms with E-state index in [0.717, 1.165) is 25.6 Å². The minimum atomic E-state index is 0.221. The Balaban J connectivity index is 1.42. The van der Waals surface area contributed by atoms with E-state index in [-0.39, 0.29) is 11.5 Å². The summed E-state index contributed by atoms with van der Waals surface area (Å²) in [6.45, 7) is 18.7. The zero-order chi connectivity index (χ0) is 25.2. The fourth-order valence-electron chi connectivity index (χ4n) is 8.93. The topological polar surface area (TPSA) is 39.5 Å². The smallest absolute Gasteiger partial charge is 0.0658 e. The summed E-state index contributed by atoms with van der Waals surface area (Å²) in [5.41, 5.74) is 0.576. The number of ether oxygens (including phenoxy) is 1. The van der Waals surface area contributed by atoms with Gasteiger partial charge in [0.05, 0.1) is 19.3 Å². The monoisotopic (exact) mass is 485 g/mol. The average Bonchev–Trinajstić information content (AvgIpc) is 3.49. The molecular formula is C31H55N3O. The molecule has 0 aromatic carbocycles. The molecule has 2 aliphatic carbocycles. The van der Waals surface area contributed by atoms with Gasteiger partial charge in [-0.1, -0.05) is 46.0 Å². The predicted octanol–water partition coefficient (Wildman–Crippen LogP) is 6.89. The van der Waals surface area contributed by atoms with Crippen LogP contribution in [-0.2, 0) is 4.74 Å². The van der Waals surface area contributed by atoms with E-state index in [1.165, 1.54) is 77.3 Å². The van der Waals surface area contributed by atoms with Crippen molar-refractivity contribution < 1.29 is 4.74 Å². The number of fused-ring (bicyclic) bond motifs is 1. The first-order valence-electron chi connectivity index (χ1n) is 15.2. The summed E-state index contributed by atoms with van der Waals surface area (Å²) in [4.78, 5) is 5.57. The molecule has 4 fully saturated rings. The number of rotatable bonds is 9. The highest BCUT2D eigenvalue weighted by atomic mass is 16.5. The van der Waals surface area contributed by atoms with E-state index >= 15 is 0 Å². The fraction of sp³-hybridized carbons (Fsp3) is 0.968. The quantitative estimate of drug-likeness (QED) is 0.333. The Kier molecular flexibility index (Phi) is 8.93. The van der Waals surface area contributed by atoms with Gasteiger partial charge < -0.3 is 4.74 Å². The summed E-state index contributed by atoms with van der Waals surface area (Å²) in [6.07, 6.45) is 14.2. The van der Waals surface area contributed by atoms with Crippen molar-refractivity contribution in [2.75, 3.05) is 26.3 Å². The number of nitriles is 1. The maximum atomic E-state index is 9.99. The van der Waals surface area contributed by atoms with Crippen LogP contribution in [0.4, 0.5) is 0 Å². The third-order valence-corrected chi connectivity index (χ3v) is 10.7. The molecule has 2 heterocycles. The summed E-state index contributed by atoms with van der Waals surface area (Å²) in [5, 5.41) is 9.99. The van der Waals surface area contributed by atoms with Crippen LogP contribution in [0, 0.1) is 40.9 Å². The number of piperidine rings is 1. The molecule has 2 aliphatic heterocycles. The van der Waals surface area contributed by atoms with Crippen LogP contribution in [0.2, 0.25) is 0 Å². The van der Waals surface area contributed by atoms with E-state index in [2.05, 4.69) is 57.4 Å². The molecule has 4 rings (SSSR count). The molecule has 4 aliphatic rings. The second-order valence-corrected chi connectivity index (χ2v) is 13.8. The van der Waals surface area contributed by atoms with Crippen molar-refractivity contribution in [2.24, 2.45) is 29.6 Å². The van der Waals surface area contributed by atoms with Crippen molar-refractivity contribution in [3.63, 3.8) is 0 Å². The molecular weight excluding hydrogens is 430 g/mol. The molecule has 200 valence electrons. The highest BCUT2D eigenvalue weighted by Crippen LogP contribution is 2.56. The van der Waals surface area contributed by atoms with E-state index < -0.39 is 0 Å². The molecule has 2 saturated heterocycles. The number of hydrogen-bond donors (Lipinski definition) is 0. The van der Waals surface area contributed by atoms with Gasteiger partial charge in [0.1, 0.15) is 0 Å². The third-order valence-electron chi connectivity index (χ3n) is 10.7. The molecule has 0 radical (unpaired) electrons. The summed E-state index contributed by atoms with van der Waals surface area (Å²) in [5.74, 6) is 2.93. The first-order chi connectivity index (χ1) is 16.7. The van der Waals surface area contributed by atoms with Crippen molar-refractivity contribution in [3.05, 3.63) is 0 Å². The normalized spacial score (nSPS) is 39.7. The Morgan fingerprint density at radius 2 is 1.71 bits per heavy atom. The lowest BCUT2D eigenvalue weighted by Crippen LogP contribution is -2.54. The van der Waals surface area contributed by atoms with Crippen molar-refractivity contribution in [1.29, 1.82) is 5.26 Å². The van der Waals surface area contributed by atoms with Crippen LogP contribution < -0.4 is 0 Å². The second-order valence-electron chi connectivity index (χ2n) is 13.8. The molecule has 0 bridgehead atoms. The van der Waals surface area contributed by atoms with Crippen LogP contribution in [0.25, 0.3) is 0 Å². The van der Waals surface area contributed by atoms with Crippen LogP contribution in [-0.4, -0.2) is 59.3 Å². The van der Waals surface area contributed by atoms with Crippen LogP contribution >= 0.6 is 0 Å². The molecule has 4 heteroatoms. The van der Waals surface area contributed by atoms with Gasteiger partial charge in [-0.2, -0.15) is 5.26 Å². The van der Waals surface area contributed by atoms with Gasteiger partial charge in [0.25, 0.3) is 0 Å². The van der Waals surface area contributed by atoms with E-state index in [1.807, 2.05) is 0 Å². The van der Waals surface area contributed by atoms with Crippen LogP contribution in [0.15, 0.2) is 0 Å². The SMILES string of the molecule is CC(C)C1C(C#N)CCCCC1CC1(C)CCCCCN1C(C)COC[C@@]12CC1CCN2C(C)C. The maximum absolute atomic E-state index is 9.99. The average molecular weight is 486 g/mol. The van der Waals surface area contributed by atoms with Crippen LogP contribution in [0.1, 0.15) is 112 Å². The number of nitrogens with zero attached hydrogens (tertiary/aromatic N) is 3. The van der Waals surface area contributed by atoms with E-state index in [0.29, 0.717) is 35.4 Å². The third kappa shape index (κ3) is 5.78. The molecule has 6 unspecified atom stereocenters. The van der Waals surface area contributed by atoms with Crippen molar-refractivity contribution in [3.8, 4) is 6.07 Å². The van der Waals surface area contributed by atoms with Gasteiger partial charge in [-0.05, 0) is 103 Å². The van der Waals surface area contributed by atoms with Gasteiger partial charge in [-0.25, -0.2) is 0 Å². The Morgan fingerprint density at radius 3 is 2.40 bits per heavy atom. The van der Waals surface area contributed by atoms with Crippen molar-refractivity contribution in [2.45, 2.75) is 135 Å². The minimum Gasteiger partial charge on any atom is -0.378 e. The molecule has 0 aromatic heterocycles. The molecule has 2 saturated carbocycles. The molecule has 35 heavy (non-hydrogen) atoms. The molecule has 0 amide bonds. The summed E-state index contributed by atoms with van der Waals surface area (Å²) in [7, 11) is 0. The lowest BCUT2D eigenvalue weighted by Gasteiger charge is -2.47. The van der Waals surface area contributed by atoms with Gasteiger partial charge in [0.15, 0.2) is 0 Å². The largest absolute Gasteiger partial charge is 0.378 e. The molecule has 0 N–H and O–H groups in total. The predicted molar refractivity (Wildman–Crippen MR) is 145 cm³/mol. The number of likely N-dealkylation sites (tertiary alicyclic amines) is 2. The van der Waals surface area contributed by atoms with Crippen LogP contribution in [0.3, 0.4) is 0 Å². The zero-order valence-electron chi connectivity index (χ0n) is 23.9. The van der Waals surface area contributed by atoms with E-state index in [4.69, 9.17) is 4.74 Å². The van der Waals surface area contributed by atoms with E-state index in [9.17, 15) is 5.26 Å². The maximum Gasteiger partial charge on any atom is 0.0658 e. The zero-order valence-corrected chi connectivity index (χ0v) is 23.9. The Labute approximate surface area is 217 Å². The first kappa shape index (κ1) is 27.4. The Bertz CT molecular complexity index is 731. The number of hydrogen-bond acceptors (Lipinski definition) is 4. The van der Waals surface area contributed by atoms with Crippen molar-refractivity contribution >= 4 is 0 Å². The summed E-state index contributed by atoms with van der Waals surface area (Å²) >= 11 is 0. The lowest BCUT2D eigenvalue weighted by molar-refractivity contribution is -0.0267. The highest BCUT2D eigenvalue weighted by molar-refractivity contribution is 5.16. The minimum absolute atomic E-state index is 0.221. The lowest BCUT2D eigenvalue weighted by atomic mass is 9.69. The van der Waals surface area contributed by atoms with Crippen LogP contribution in [0.5, 0.6) is 0 Å². The van der Waals surface area contributed by atoms with Gasteiger partial charge in [0.2, 0.25) is 0 Å². The summed E-state index contributed by atoms with van der Waals surface area (Å²) in [6, 6.07) is 3.82. The molecule has 0 aromatic rings. The second kappa shape index (κ2) is 11.4. The Morgan fingerprint density at radius 1 is 0.943 bits per heavy atom. The molecule has 0 spiro atoms. The fourth-order valence-corrected chi connectivity index (χ4v) is 8.93. The van der Waals surface area contributed by atoms with Crippen molar-refractivity contribution in [1.82, 2.24) is 9.80 Å². The van der Waals surface area contributed by atoms with Gasteiger partial charge in [0, 0.05) is 29.1 Å². The standard InChI is InChI=1S/C31H55N3O/c1-23(2)29-26(12-8-9-13-27(29)20-32)18-30(6)15-10-7-11-16-34(30)25(5)21-35-22-31-19-28(31)14-17-33(31)24(3)4/h23-29H,7-19,21-22H2,1-6H3/t25?,26?,27?,28?,29?,30?,31-/m0/s1. The van der Waals surface area contributed by atoms with Gasteiger partial charge in [-0.3, -0.25) is 9.80 Å². The van der Waals surface area contributed by atoms with Gasteiger partial charge >= 0.3 is 0 Å². The highest BCUT2D eigenvalue weighted by Gasteiger charge is 2.62. The summed E-state index contributed by atoms with van der Waals surface area (Å²) < 4.78 is 6.57. The molecule has 4 nitrogen and oxygen atoms in total. The molecule has 7 atom stereocenters. The van der Waals surface area contributed by atoms with Gasteiger partial charge in [-0.15, -0.1) is 0 Å². The van der Waals surface area contributed by atoms with E-state index in [1.54, 1.807) is 0 Å².